The number of allylic oxidation sites excluding steroid dienone is 2. The highest BCUT2D eigenvalue weighted by Gasteiger charge is 2.21. The normalized spacial score (nSPS) is 14.2. The van der Waals surface area contributed by atoms with Crippen LogP contribution < -0.4 is 0 Å². The van der Waals surface area contributed by atoms with Crippen LogP contribution in [0.1, 0.15) is 124 Å². The maximum absolute atomic E-state index is 4.64. The van der Waals surface area contributed by atoms with E-state index in [9.17, 15) is 0 Å². The second kappa shape index (κ2) is 37.2. The molecule has 3 aromatic carbocycles. The molecule has 0 aromatic heterocycles. The largest absolute Gasteiger partial charge is 0.306 e. The van der Waals surface area contributed by atoms with Gasteiger partial charge in [0.05, 0.1) is 0 Å². The summed E-state index contributed by atoms with van der Waals surface area (Å²) in [5.74, 6) is 5.05. The van der Waals surface area contributed by atoms with E-state index in [2.05, 4.69) is 206 Å². The second-order valence-electron chi connectivity index (χ2n) is 16.7. The van der Waals surface area contributed by atoms with Gasteiger partial charge in [0.25, 0.3) is 0 Å². The molecule has 0 aliphatic carbocycles. The molecule has 1 fully saturated rings. The van der Waals surface area contributed by atoms with E-state index in [0.29, 0.717) is 0 Å². The molecule has 2 aliphatic rings. The smallest absolute Gasteiger partial charge is 0.0363 e. The van der Waals surface area contributed by atoms with Gasteiger partial charge in [-0.05, 0) is 117 Å². The van der Waals surface area contributed by atoms with Crippen LogP contribution in [-0.2, 0) is 19.3 Å². The molecule has 0 N–H and O–H groups in total. The highest BCUT2D eigenvalue weighted by Crippen LogP contribution is 2.22. The van der Waals surface area contributed by atoms with Gasteiger partial charge in [-0.2, -0.15) is 0 Å². The van der Waals surface area contributed by atoms with E-state index >= 15 is 0 Å². The maximum Gasteiger partial charge on any atom is 0.0363 e. The molecule has 312 valence electrons. The predicted molar refractivity (Wildman–Crippen MR) is 253 cm³/mol. The summed E-state index contributed by atoms with van der Waals surface area (Å²) in [6.45, 7) is 25.3. The molecule has 1 unspecified atom stereocenters. The Hall–Kier alpha value is -2.39. The molecule has 1 atom stereocenters. The van der Waals surface area contributed by atoms with Crippen molar-refractivity contribution in [1.29, 1.82) is 0 Å². The molecule has 2 nitrogen and oxygen atoms in total. The summed E-state index contributed by atoms with van der Waals surface area (Å²) in [7, 11) is 2.21. The molecule has 0 amide bonds. The standard InChI is InChI=1S/2C11H16.C10H14.C9H15N.C8H17N.2CH3Cl/c2*1-10(2)8-9-11-6-4-3-5-7-11;1-9(2)8-10-6-4-3-5-7-10;1-8(2)5-6-9-4-3-7-10-9;1-7(2)8-4-5-9(3)6-8;2*1-2/h2*3-7,10H,8-9H2,1-2H3;3-7,9H,8H2,1-2H3;4,7-8H,3,5-6H2,1-2H3;7-8H,4-6H2,1-3H3;2*1H3. The fourth-order valence-electron chi connectivity index (χ4n) is 5.81. The molecule has 1 saturated heterocycles. The SMILES string of the molecule is CC(C)C1CCN(C)C1.CC(C)CCC1=CCC=N1.CC(C)CCc1ccccc1.CC(C)CCc1ccccc1.CC(C)Cc1ccccc1.CCl.CCl. The van der Waals surface area contributed by atoms with Crippen molar-refractivity contribution >= 4 is 29.4 Å². The molecular weight excluding hydrogens is 711 g/mol. The van der Waals surface area contributed by atoms with Crippen LogP contribution in [0.3, 0.4) is 0 Å². The number of benzene rings is 3. The van der Waals surface area contributed by atoms with Gasteiger partial charge in [-0.3, -0.25) is 4.99 Å². The van der Waals surface area contributed by atoms with E-state index in [1.165, 1.54) is 93.2 Å². The van der Waals surface area contributed by atoms with Crippen LogP contribution in [0.5, 0.6) is 0 Å². The van der Waals surface area contributed by atoms with Crippen LogP contribution in [0.15, 0.2) is 108 Å². The van der Waals surface area contributed by atoms with Crippen LogP contribution in [0.4, 0.5) is 0 Å². The van der Waals surface area contributed by atoms with Crippen LogP contribution >= 0.6 is 23.2 Å². The summed E-state index contributed by atoms with van der Waals surface area (Å²) in [6.07, 6.45) is 18.3. The zero-order valence-electron chi connectivity index (χ0n) is 37.7. The number of aryl methyl sites for hydroxylation is 2. The summed E-state index contributed by atoms with van der Waals surface area (Å²) < 4.78 is 0. The quantitative estimate of drug-likeness (QED) is 0.167. The Labute approximate surface area is 352 Å². The number of aliphatic imine (C=N–C) groups is 1. The Bertz CT molecular complexity index is 1220. The number of hydrogen-bond donors (Lipinski definition) is 0. The first-order valence-electron chi connectivity index (χ1n) is 21.1. The zero-order chi connectivity index (χ0) is 41.9. The molecule has 0 radical (unpaired) electrons. The summed E-state index contributed by atoms with van der Waals surface area (Å²) in [4.78, 5) is 6.67. The van der Waals surface area contributed by atoms with Crippen molar-refractivity contribution in [3.05, 3.63) is 119 Å². The minimum Gasteiger partial charge on any atom is -0.306 e. The summed E-state index contributed by atoms with van der Waals surface area (Å²) in [6, 6.07) is 32.0. The van der Waals surface area contributed by atoms with Crippen molar-refractivity contribution in [3.8, 4) is 0 Å². The van der Waals surface area contributed by atoms with Gasteiger partial charge < -0.3 is 4.90 Å². The first kappa shape index (κ1) is 54.7. The highest BCUT2D eigenvalue weighted by atomic mass is 35.5. The Kier molecular flexibility index (Phi) is 37.0. The molecule has 55 heavy (non-hydrogen) atoms. The molecule has 0 spiro atoms. The van der Waals surface area contributed by atoms with E-state index in [0.717, 1.165) is 48.3 Å². The first-order chi connectivity index (χ1) is 26.3. The summed E-state index contributed by atoms with van der Waals surface area (Å²) in [5, 5.41) is 0. The predicted octanol–water partition coefficient (Wildman–Crippen LogP) is 15.5. The number of alkyl halides is 2. The molecule has 3 aromatic rings. The molecule has 5 rings (SSSR count). The lowest BCUT2D eigenvalue weighted by molar-refractivity contribution is 0.352. The van der Waals surface area contributed by atoms with Gasteiger partial charge in [0, 0.05) is 37.6 Å². The third kappa shape index (κ3) is 34.6. The molecule has 4 heteroatoms. The van der Waals surface area contributed by atoms with E-state index in [-0.39, 0.29) is 0 Å². The third-order valence-corrected chi connectivity index (χ3v) is 9.26. The van der Waals surface area contributed by atoms with E-state index in [1.807, 2.05) is 6.21 Å². The van der Waals surface area contributed by atoms with Crippen molar-refractivity contribution in [2.24, 2.45) is 40.5 Å². The van der Waals surface area contributed by atoms with Gasteiger partial charge in [0.1, 0.15) is 0 Å². The Morgan fingerprint density at radius 2 is 0.964 bits per heavy atom. The molecule has 2 heterocycles. The van der Waals surface area contributed by atoms with Gasteiger partial charge in [-0.15, -0.1) is 23.2 Å². The Morgan fingerprint density at radius 1 is 0.564 bits per heavy atom. The van der Waals surface area contributed by atoms with Gasteiger partial charge in [-0.1, -0.05) is 166 Å². The first-order valence-corrected chi connectivity index (χ1v) is 22.6. The average Bonchev–Trinajstić information content (AvgIpc) is 3.88. The van der Waals surface area contributed by atoms with Crippen molar-refractivity contribution in [3.63, 3.8) is 0 Å². The van der Waals surface area contributed by atoms with E-state index in [1.54, 1.807) is 0 Å². The van der Waals surface area contributed by atoms with Gasteiger partial charge in [0.2, 0.25) is 0 Å². The number of halogens is 2. The lowest BCUT2D eigenvalue weighted by atomic mass is 9.95. The van der Waals surface area contributed by atoms with Crippen LogP contribution in [0, 0.1) is 35.5 Å². The Balaban J connectivity index is 0. The zero-order valence-corrected chi connectivity index (χ0v) is 39.2. The fraction of sp³-hybridized carbons (Fsp3) is 0.588. The summed E-state index contributed by atoms with van der Waals surface area (Å²) in [5.41, 5.74) is 5.65. The van der Waals surface area contributed by atoms with Crippen LogP contribution in [-0.4, -0.2) is 44.0 Å². The van der Waals surface area contributed by atoms with Gasteiger partial charge in [0.15, 0.2) is 0 Å². The molecule has 0 saturated carbocycles. The highest BCUT2D eigenvalue weighted by molar-refractivity contribution is 6.15. The average molecular weight is 796 g/mol. The molecule has 0 bridgehead atoms. The minimum atomic E-state index is 0.766. The van der Waals surface area contributed by atoms with Gasteiger partial charge in [-0.25, -0.2) is 0 Å². The van der Waals surface area contributed by atoms with Gasteiger partial charge >= 0.3 is 0 Å². The van der Waals surface area contributed by atoms with Crippen LogP contribution in [0.2, 0.25) is 0 Å². The fourth-order valence-corrected chi connectivity index (χ4v) is 5.81. The summed E-state index contributed by atoms with van der Waals surface area (Å²) >= 11 is 9.28. The number of hydrogen-bond acceptors (Lipinski definition) is 2. The maximum atomic E-state index is 4.64. The molecular formula is C51H84Cl2N2. The van der Waals surface area contributed by atoms with Crippen molar-refractivity contribution in [1.82, 2.24) is 4.90 Å². The molecule has 2 aliphatic heterocycles. The number of likely N-dealkylation sites (tertiary alicyclic amines) is 1. The lowest BCUT2D eigenvalue weighted by Crippen LogP contribution is -2.16. The van der Waals surface area contributed by atoms with Crippen molar-refractivity contribution in [2.75, 3.05) is 32.9 Å². The van der Waals surface area contributed by atoms with Crippen LogP contribution in [0.25, 0.3) is 0 Å². The van der Waals surface area contributed by atoms with E-state index < -0.39 is 0 Å². The monoisotopic (exact) mass is 795 g/mol. The number of nitrogens with zero attached hydrogens (tertiary/aromatic N) is 2. The minimum absolute atomic E-state index is 0.766. The Morgan fingerprint density at radius 3 is 1.25 bits per heavy atom. The topological polar surface area (TPSA) is 15.6 Å². The number of rotatable bonds is 12. The van der Waals surface area contributed by atoms with Crippen molar-refractivity contribution < 1.29 is 0 Å². The lowest BCUT2D eigenvalue weighted by Gasteiger charge is -2.13. The van der Waals surface area contributed by atoms with E-state index in [4.69, 9.17) is 0 Å². The second-order valence-corrected chi connectivity index (χ2v) is 16.7. The third-order valence-electron chi connectivity index (χ3n) is 9.26. The van der Waals surface area contributed by atoms with Crippen molar-refractivity contribution in [2.45, 2.75) is 127 Å².